The molecule has 0 aliphatic carbocycles. The molecular formula is C25H22F3N3O4. The number of halogens is 3. The molecule has 1 saturated heterocycles. The van der Waals surface area contributed by atoms with E-state index in [9.17, 15) is 27.6 Å². The van der Waals surface area contributed by atoms with Crippen molar-refractivity contribution in [2.24, 2.45) is 0 Å². The Morgan fingerprint density at radius 3 is 2.29 bits per heavy atom. The van der Waals surface area contributed by atoms with E-state index in [-0.39, 0.29) is 5.75 Å². The molecule has 0 spiro atoms. The number of amides is 3. The summed E-state index contributed by atoms with van der Waals surface area (Å²) in [6, 6.07) is 12.1. The summed E-state index contributed by atoms with van der Waals surface area (Å²) in [4.78, 5) is 39.7. The summed E-state index contributed by atoms with van der Waals surface area (Å²) >= 11 is 0. The Bertz CT molecular complexity index is 1300. The maximum absolute atomic E-state index is 13.3. The molecular weight excluding hydrogens is 463 g/mol. The molecule has 0 radical (unpaired) electrons. The van der Waals surface area contributed by atoms with Crippen molar-refractivity contribution in [1.82, 2.24) is 14.8 Å². The maximum Gasteiger partial charge on any atom is 0.387 e. The Hall–Kier alpha value is -4.08. The largest absolute Gasteiger partial charge is 0.435 e. The number of alkyl halides is 2. The highest BCUT2D eigenvalue weighted by Gasteiger charge is 2.49. The molecule has 1 aliphatic heterocycles. The van der Waals surface area contributed by atoms with Crippen LogP contribution in [0, 0.1) is 19.7 Å². The number of Topliss-reactive ketones (excluding diaryl/α,β-unsaturated/α-hetero) is 1. The van der Waals surface area contributed by atoms with Gasteiger partial charge in [-0.2, -0.15) is 8.78 Å². The van der Waals surface area contributed by atoms with Gasteiger partial charge in [-0.15, -0.1) is 0 Å². The quantitative estimate of drug-likeness (QED) is 0.395. The third-order valence-electron chi connectivity index (χ3n) is 6.05. The number of nitrogens with zero attached hydrogens (tertiary/aromatic N) is 2. The van der Waals surface area contributed by atoms with Crippen molar-refractivity contribution >= 4 is 17.7 Å². The zero-order valence-corrected chi connectivity index (χ0v) is 19.1. The number of ether oxygens (including phenoxy) is 1. The second kappa shape index (κ2) is 8.94. The Kier molecular flexibility index (Phi) is 6.14. The second-order valence-corrected chi connectivity index (χ2v) is 8.37. The molecule has 1 fully saturated rings. The number of aryl methyl sites for hydroxylation is 1. The zero-order valence-electron chi connectivity index (χ0n) is 19.1. The minimum Gasteiger partial charge on any atom is -0.435 e. The molecule has 1 atom stereocenters. The number of carbonyl (C=O) groups is 3. The minimum atomic E-state index is -2.93. The second-order valence-electron chi connectivity index (χ2n) is 8.37. The number of imide groups is 1. The number of hydrogen-bond donors (Lipinski definition) is 1. The summed E-state index contributed by atoms with van der Waals surface area (Å²) in [6.07, 6.45) is 0. The van der Waals surface area contributed by atoms with E-state index in [0.717, 1.165) is 4.90 Å². The van der Waals surface area contributed by atoms with Crippen LogP contribution in [0.4, 0.5) is 18.0 Å². The summed E-state index contributed by atoms with van der Waals surface area (Å²) in [6.45, 7) is 1.56. The van der Waals surface area contributed by atoms with Crippen molar-refractivity contribution in [2.75, 3.05) is 6.54 Å². The molecule has 182 valence electrons. The van der Waals surface area contributed by atoms with E-state index >= 15 is 0 Å². The monoisotopic (exact) mass is 485 g/mol. The van der Waals surface area contributed by atoms with Crippen LogP contribution in [0.15, 0.2) is 54.6 Å². The van der Waals surface area contributed by atoms with E-state index in [1.165, 1.54) is 43.3 Å². The van der Waals surface area contributed by atoms with Crippen molar-refractivity contribution in [2.45, 2.75) is 32.9 Å². The highest BCUT2D eigenvalue weighted by atomic mass is 19.3. The average Bonchev–Trinajstić information content (AvgIpc) is 3.22. The van der Waals surface area contributed by atoms with Crippen molar-refractivity contribution in [1.29, 1.82) is 0 Å². The molecule has 0 saturated carbocycles. The topological polar surface area (TPSA) is 80.6 Å². The molecule has 2 aromatic carbocycles. The first kappa shape index (κ1) is 24.1. The van der Waals surface area contributed by atoms with Gasteiger partial charge in [0.1, 0.15) is 17.1 Å². The zero-order chi connectivity index (χ0) is 25.5. The van der Waals surface area contributed by atoms with Crippen LogP contribution in [0.2, 0.25) is 0 Å². The normalized spacial score (nSPS) is 17.7. The summed E-state index contributed by atoms with van der Waals surface area (Å²) in [5, 5.41) is 2.59. The highest BCUT2D eigenvalue weighted by molar-refractivity contribution is 6.11. The van der Waals surface area contributed by atoms with Crippen molar-refractivity contribution in [3.05, 3.63) is 82.9 Å². The molecule has 4 rings (SSSR count). The summed E-state index contributed by atoms with van der Waals surface area (Å²) in [7, 11) is 0. The lowest BCUT2D eigenvalue weighted by atomic mass is 9.92. The lowest BCUT2D eigenvalue weighted by Crippen LogP contribution is -2.41. The fourth-order valence-corrected chi connectivity index (χ4v) is 4.27. The number of urea groups is 1. The van der Waals surface area contributed by atoms with E-state index < -0.39 is 42.2 Å². The van der Waals surface area contributed by atoms with Gasteiger partial charge in [0.2, 0.25) is 0 Å². The van der Waals surface area contributed by atoms with E-state index in [0.29, 0.717) is 28.2 Å². The minimum absolute atomic E-state index is 0.00488. The van der Waals surface area contributed by atoms with Gasteiger partial charge in [-0.05, 0) is 68.8 Å². The van der Waals surface area contributed by atoms with Gasteiger partial charge < -0.3 is 14.6 Å². The predicted molar refractivity (Wildman–Crippen MR) is 120 cm³/mol. The van der Waals surface area contributed by atoms with Crippen LogP contribution in [0.5, 0.6) is 5.75 Å². The Morgan fingerprint density at radius 2 is 1.69 bits per heavy atom. The van der Waals surface area contributed by atoms with Crippen LogP contribution in [-0.4, -0.2) is 40.3 Å². The molecule has 1 unspecified atom stereocenters. The highest BCUT2D eigenvalue weighted by Crippen LogP contribution is 2.30. The van der Waals surface area contributed by atoms with Gasteiger partial charge in [0.05, 0.1) is 6.54 Å². The lowest BCUT2D eigenvalue weighted by Gasteiger charge is -2.22. The first-order valence-corrected chi connectivity index (χ1v) is 10.7. The van der Waals surface area contributed by atoms with E-state index in [4.69, 9.17) is 0 Å². The van der Waals surface area contributed by atoms with Crippen LogP contribution in [-0.2, 0) is 10.3 Å². The van der Waals surface area contributed by atoms with Gasteiger partial charge in [0, 0.05) is 22.6 Å². The molecule has 10 heteroatoms. The van der Waals surface area contributed by atoms with Gasteiger partial charge >= 0.3 is 12.6 Å². The Balaban J connectivity index is 1.56. The number of rotatable bonds is 7. The molecule has 7 nitrogen and oxygen atoms in total. The average molecular weight is 485 g/mol. The smallest absolute Gasteiger partial charge is 0.387 e. The van der Waals surface area contributed by atoms with Gasteiger partial charge in [-0.3, -0.25) is 14.5 Å². The summed E-state index contributed by atoms with van der Waals surface area (Å²) < 4.78 is 44.3. The number of benzene rings is 2. The fourth-order valence-electron chi connectivity index (χ4n) is 4.27. The number of carbonyl (C=O) groups excluding carboxylic acids is 3. The molecule has 1 aromatic heterocycles. The maximum atomic E-state index is 13.3. The van der Waals surface area contributed by atoms with E-state index in [1.54, 1.807) is 36.6 Å². The number of hydrogen-bond acceptors (Lipinski definition) is 4. The molecule has 1 N–H and O–H groups in total. The Morgan fingerprint density at radius 1 is 1.06 bits per heavy atom. The van der Waals surface area contributed by atoms with Crippen molar-refractivity contribution in [3.8, 4) is 11.4 Å². The fraction of sp³-hybridized carbons (Fsp3) is 0.240. The predicted octanol–water partition coefficient (Wildman–Crippen LogP) is 4.48. The van der Waals surface area contributed by atoms with Crippen molar-refractivity contribution in [3.63, 3.8) is 0 Å². The van der Waals surface area contributed by atoms with Gasteiger partial charge in [0.25, 0.3) is 5.91 Å². The Labute approximate surface area is 199 Å². The molecule has 3 amide bonds. The number of nitrogens with one attached hydrogen (secondary N) is 1. The molecule has 3 aromatic rings. The molecule has 2 heterocycles. The van der Waals surface area contributed by atoms with Crippen LogP contribution in [0.3, 0.4) is 0 Å². The molecule has 0 bridgehead atoms. The first-order valence-electron chi connectivity index (χ1n) is 10.7. The van der Waals surface area contributed by atoms with Gasteiger partial charge in [-0.1, -0.05) is 12.1 Å². The number of aromatic nitrogens is 1. The third-order valence-corrected chi connectivity index (χ3v) is 6.05. The summed E-state index contributed by atoms with van der Waals surface area (Å²) in [5.74, 6) is -1.54. The summed E-state index contributed by atoms with van der Waals surface area (Å²) in [5.41, 5.74) is 1.16. The van der Waals surface area contributed by atoms with Gasteiger partial charge in [-0.25, -0.2) is 9.18 Å². The molecule has 1 aliphatic rings. The lowest BCUT2D eigenvalue weighted by molar-refractivity contribution is -0.130. The van der Waals surface area contributed by atoms with Gasteiger partial charge in [0.15, 0.2) is 5.78 Å². The van der Waals surface area contributed by atoms with Crippen LogP contribution < -0.4 is 10.1 Å². The van der Waals surface area contributed by atoms with Crippen LogP contribution in [0.1, 0.15) is 34.2 Å². The van der Waals surface area contributed by atoms with Crippen LogP contribution in [0.25, 0.3) is 5.69 Å². The van der Waals surface area contributed by atoms with E-state index in [1.807, 2.05) is 0 Å². The third kappa shape index (κ3) is 4.39. The first-order chi connectivity index (χ1) is 16.5. The SMILES string of the molecule is Cc1cc(C(=O)CN2C(=O)NC(C)(c3ccc(F)cc3)C2=O)c(C)n1-c1ccc(OC(F)F)cc1. The van der Waals surface area contributed by atoms with Crippen LogP contribution >= 0.6 is 0 Å². The molecule has 35 heavy (non-hydrogen) atoms. The number of ketones is 1. The standard InChI is InChI=1S/C25H22F3N3O4/c1-14-12-20(15(2)31(14)18-8-10-19(11-9-18)35-23(27)28)21(32)13-30-22(33)25(3,29-24(30)34)16-4-6-17(26)7-5-16/h4-12,23H,13H2,1-3H3,(H,29,34). The van der Waals surface area contributed by atoms with E-state index in [2.05, 4.69) is 10.1 Å². The van der Waals surface area contributed by atoms with Crippen molar-refractivity contribution < 1.29 is 32.3 Å².